The van der Waals surface area contributed by atoms with E-state index in [0.29, 0.717) is 25.8 Å². The molecule has 1 aliphatic heterocycles. The number of carbonyl (C=O) groups excluding carboxylic acids is 4. The monoisotopic (exact) mass is 349 g/mol. The SMILES string of the molecule is CCCCC(NC(=O)C1CCC(CN2C(=O)C=CC2=O)CC1)C(N)=O. The lowest BCUT2D eigenvalue weighted by atomic mass is 9.81. The molecule has 1 aliphatic carbocycles. The maximum absolute atomic E-state index is 12.4. The molecule has 0 radical (unpaired) electrons. The third-order valence-corrected chi connectivity index (χ3v) is 5.07. The van der Waals surface area contributed by atoms with Crippen LogP contribution in [-0.2, 0) is 19.2 Å². The molecule has 1 atom stereocenters. The van der Waals surface area contributed by atoms with Gasteiger partial charge in [0.1, 0.15) is 6.04 Å². The third-order valence-electron chi connectivity index (χ3n) is 5.07. The van der Waals surface area contributed by atoms with Gasteiger partial charge in [-0.1, -0.05) is 19.8 Å². The van der Waals surface area contributed by atoms with Crippen LogP contribution in [0.2, 0.25) is 0 Å². The lowest BCUT2D eigenvalue weighted by Gasteiger charge is -2.30. The molecule has 1 fully saturated rings. The van der Waals surface area contributed by atoms with Crippen LogP contribution in [-0.4, -0.2) is 41.1 Å². The topological polar surface area (TPSA) is 110 Å². The fourth-order valence-electron chi connectivity index (χ4n) is 3.46. The van der Waals surface area contributed by atoms with Gasteiger partial charge in [0, 0.05) is 24.6 Å². The van der Waals surface area contributed by atoms with Gasteiger partial charge in [-0.2, -0.15) is 0 Å². The number of nitrogens with one attached hydrogen (secondary N) is 1. The summed E-state index contributed by atoms with van der Waals surface area (Å²) in [5.74, 6) is -1.04. The third kappa shape index (κ3) is 5.14. The van der Waals surface area contributed by atoms with Crippen molar-refractivity contribution >= 4 is 23.6 Å². The van der Waals surface area contributed by atoms with Gasteiger partial charge in [-0.25, -0.2) is 0 Å². The van der Waals surface area contributed by atoms with Gasteiger partial charge in [0.25, 0.3) is 11.8 Å². The van der Waals surface area contributed by atoms with E-state index in [1.54, 1.807) is 0 Å². The Hall–Kier alpha value is -2.18. The molecule has 2 aliphatic rings. The molecule has 0 saturated heterocycles. The van der Waals surface area contributed by atoms with Gasteiger partial charge in [0.05, 0.1) is 0 Å². The van der Waals surface area contributed by atoms with Crippen molar-refractivity contribution in [3.05, 3.63) is 12.2 Å². The van der Waals surface area contributed by atoms with E-state index in [2.05, 4.69) is 5.32 Å². The van der Waals surface area contributed by atoms with Crippen LogP contribution in [0.25, 0.3) is 0 Å². The summed E-state index contributed by atoms with van der Waals surface area (Å²) in [7, 11) is 0. The Morgan fingerprint density at radius 2 is 1.80 bits per heavy atom. The van der Waals surface area contributed by atoms with Crippen molar-refractivity contribution in [1.29, 1.82) is 0 Å². The summed E-state index contributed by atoms with van der Waals surface area (Å²) in [5.41, 5.74) is 5.37. The zero-order chi connectivity index (χ0) is 18.4. The molecule has 3 N–H and O–H groups in total. The maximum atomic E-state index is 12.4. The van der Waals surface area contributed by atoms with Crippen molar-refractivity contribution in [2.24, 2.45) is 17.6 Å². The zero-order valence-corrected chi connectivity index (χ0v) is 14.7. The first kappa shape index (κ1) is 19.1. The lowest BCUT2D eigenvalue weighted by molar-refractivity contribution is -0.138. The van der Waals surface area contributed by atoms with Crippen LogP contribution in [0, 0.1) is 11.8 Å². The number of rotatable bonds is 8. The quantitative estimate of drug-likeness (QED) is 0.634. The molecule has 138 valence electrons. The van der Waals surface area contributed by atoms with Gasteiger partial charge < -0.3 is 11.1 Å². The molecule has 1 saturated carbocycles. The first-order valence-corrected chi connectivity index (χ1v) is 9.05. The van der Waals surface area contributed by atoms with E-state index in [1.165, 1.54) is 17.1 Å². The smallest absolute Gasteiger partial charge is 0.253 e. The predicted octanol–water partition coefficient (Wildman–Crippen LogP) is 0.878. The van der Waals surface area contributed by atoms with E-state index >= 15 is 0 Å². The Morgan fingerprint density at radius 3 is 2.32 bits per heavy atom. The van der Waals surface area contributed by atoms with E-state index < -0.39 is 11.9 Å². The Balaban J connectivity index is 1.78. The average Bonchev–Trinajstić information content (AvgIpc) is 2.90. The van der Waals surface area contributed by atoms with Crippen molar-refractivity contribution < 1.29 is 19.2 Å². The van der Waals surface area contributed by atoms with E-state index in [-0.39, 0.29) is 29.6 Å². The average molecular weight is 349 g/mol. The van der Waals surface area contributed by atoms with Crippen molar-refractivity contribution in [1.82, 2.24) is 10.2 Å². The first-order valence-electron chi connectivity index (χ1n) is 9.05. The lowest BCUT2D eigenvalue weighted by Crippen LogP contribution is -2.47. The number of nitrogens with zero attached hydrogens (tertiary/aromatic N) is 1. The minimum atomic E-state index is -0.601. The summed E-state index contributed by atoms with van der Waals surface area (Å²) in [6.45, 7) is 2.44. The van der Waals surface area contributed by atoms with Crippen molar-refractivity contribution in [3.63, 3.8) is 0 Å². The number of carbonyl (C=O) groups is 4. The number of unbranched alkanes of at least 4 members (excludes halogenated alkanes) is 1. The van der Waals surface area contributed by atoms with Crippen LogP contribution in [0.15, 0.2) is 12.2 Å². The molecule has 0 aromatic carbocycles. The maximum Gasteiger partial charge on any atom is 0.253 e. The summed E-state index contributed by atoms with van der Waals surface area (Å²) in [5, 5.41) is 2.78. The van der Waals surface area contributed by atoms with E-state index in [4.69, 9.17) is 5.73 Å². The fraction of sp³-hybridized carbons (Fsp3) is 0.667. The Morgan fingerprint density at radius 1 is 1.20 bits per heavy atom. The van der Waals surface area contributed by atoms with Crippen LogP contribution in [0.5, 0.6) is 0 Å². The predicted molar refractivity (Wildman–Crippen MR) is 92.0 cm³/mol. The second kappa shape index (κ2) is 8.78. The molecule has 0 spiro atoms. The molecule has 7 nitrogen and oxygen atoms in total. The highest BCUT2D eigenvalue weighted by Crippen LogP contribution is 2.30. The normalized spacial score (nSPS) is 24.4. The molecule has 1 unspecified atom stereocenters. The van der Waals surface area contributed by atoms with Gasteiger partial charge in [-0.05, 0) is 38.0 Å². The van der Waals surface area contributed by atoms with Gasteiger partial charge >= 0.3 is 0 Å². The van der Waals surface area contributed by atoms with Gasteiger partial charge in [-0.15, -0.1) is 0 Å². The van der Waals surface area contributed by atoms with Gasteiger partial charge in [-0.3, -0.25) is 24.1 Å². The van der Waals surface area contributed by atoms with Crippen molar-refractivity contribution in [3.8, 4) is 0 Å². The van der Waals surface area contributed by atoms with E-state index in [9.17, 15) is 19.2 Å². The summed E-state index contributed by atoms with van der Waals surface area (Å²) in [4.78, 5) is 48.3. The summed E-state index contributed by atoms with van der Waals surface area (Å²) in [6.07, 6.45) is 7.89. The van der Waals surface area contributed by atoms with Crippen molar-refractivity contribution in [2.75, 3.05) is 6.54 Å². The highest BCUT2D eigenvalue weighted by Gasteiger charge is 2.32. The second-order valence-electron chi connectivity index (χ2n) is 6.94. The minimum Gasteiger partial charge on any atom is -0.368 e. The summed E-state index contributed by atoms with van der Waals surface area (Å²) < 4.78 is 0. The molecule has 4 amide bonds. The largest absolute Gasteiger partial charge is 0.368 e. The Kier molecular flexibility index (Phi) is 6.73. The molecule has 1 heterocycles. The fourth-order valence-corrected chi connectivity index (χ4v) is 3.46. The molecule has 2 rings (SSSR count). The van der Waals surface area contributed by atoms with E-state index in [1.807, 2.05) is 6.92 Å². The zero-order valence-electron chi connectivity index (χ0n) is 14.7. The number of primary amides is 1. The standard InChI is InChI=1S/C18H27N3O4/c1-2-3-4-14(17(19)24)20-18(25)13-7-5-12(6-8-13)11-21-15(22)9-10-16(21)23/h9-10,12-14H,2-8,11H2,1H3,(H2,19,24)(H,20,25). The molecule has 0 aromatic heterocycles. The molecular weight excluding hydrogens is 322 g/mol. The highest BCUT2D eigenvalue weighted by atomic mass is 16.2. The van der Waals surface area contributed by atoms with Crippen LogP contribution in [0.1, 0.15) is 51.9 Å². The molecule has 0 aromatic rings. The summed E-state index contributed by atoms with van der Waals surface area (Å²) >= 11 is 0. The number of amides is 4. The van der Waals surface area contributed by atoms with Gasteiger partial charge in [0.2, 0.25) is 11.8 Å². The van der Waals surface area contributed by atoms with Crippen LogP contribution in [0.4, 0.5) is 0 Å². The Labute approximate surface area is 148 Å². The second-order valence-corrected chi connectivity index (χ2v) is 6.94. The van der Waals surface area contributed by atoms with E-state index in [0.717, 1.165) is 25.7 Å². The Bertz CT molecular complexity index is 547. The van der Waals surface area contributed by atoms with Crippen LogP contribution in [0.3, 0.4) is 0 Å². The van der Waals surface area contributed by atoms with Crippen molar-refractivity contribution in [2.45, 2.75) is 57.9 Å². The van der Waals surface area contributed by atoms with Crippen LogP contribution < -0.4 is 11.1 Å². The molecule has 7 heteroatoms. The molecule has 25 heavy (non-hydrogen) atoms. The number of hydrogen-bond donors (Lipinski definition) is 2. The number of hydrogen-bond acceptors (Lipinski definition) is 4. The van der Waals surface area contributed by atoms with Gasteiger partial charge in [0.15, 0.2) is 0 Å². The number of imide groups is 1. The van der Waals surface area contributed by atoms with Crippen LogP contribution >= 0.6 is 0 Å². The number of nitrogens with two attached hydrogens (primary N) is 1. The molecule has 0 bridgehead atoms. The summed E-state index contributed by atoms with van der Waals surface area (Å²) in [6, 6.07) is -0.601. The first-order chi connectivity index (χ1) is 11.9. The molecular formula is C18H27N3O4. The minimum absolute atomic E-state index is 0.117. The highest BCUT2D eigenvalue weighted by molar-refractivity contribution is 6.12.